The molecule has 0 amide bonds. The summed E-state index contributed by atoms with van der Waals surface area (Å²) in [6.45, 7) is 37.7. The number of piperazine rings is 1. The van der Waals surface area contributed by atoms with Crippen molar-refractivity contribution in [1.82, 2.24) is 10.2 Å². The smallest absolute Gasteiger partial charge is 0.0751 e. The molecule has 4 heteroatoms. The minimum Gasteiger partial charge on any atom is -0.405 e. The molecule has 240 valence electrons. The van der Waals surface area contributed by atoms with Crippen molar-refractivity contribution in [3.05, 3.63) is 97.0 Å². The Morgan fingerprint density at radius 2 is 1.45 bits per heavy atom. The lowest BCUT2D eigenvalue weighted by atomic mass is 9.89. The number of allylic oxidation sites excluding steroid dienone is 10. The zero-order chi connectivity index (χ0) is 34.2. The molecular weight excluding hydrogens is 509 g/mol. The fraction of sp³-hybridized carbons (Fsp3) is 0.526. The molecule has 1 rings (SSSR count). The molecule has 0 bridgehead atoms. The van der Waals surface area contributed by atoms with Crippen molar-refractivity contribution >= 4 is 7.85 Å². The highest BCUT2D eigenvalue weighted by Crippen LogP contribution is 2.17. The predicted octanol–water partition coefficient (Wildman–Crippen LogP) is 10.5. The van der Waals surface area contributed by atoms with Crippen LogP contribution >= 0.6 is 0 Å². The van der Waals surface area contributed by atoms with E-state index in [4.69, 9.17) is 7.85 Å². The molecule has 0 aromatic heterocycles. The Morgan fingerprint density at radius 3 is 1.76 bits per heavy atom. The Kier molecular flexibility index (Phi) is 59.0. The molecule has 3 N–H and O–H groups in total. The van der Waals surface area contributed by atoms with Gasteiger partial charge in [0.25, 0.3) is 0 Å². The lowest BCUT2D eigenvalue weighted by Gasteiger charge is -2.31. The molecule has 1 heterocycles. The molecule has 0 aliphatic carbocycles. The molecule has 1 saturated heterocycles. The molecule has 0 spiro atoms. The maximum absolute atomic E-state index is 5.75. The van der Waals surface area contributed by atoms with Crippen molar-refractivity contribution in [2.75, 3.05) is 26.2 Å². The molecule has 3 nitrogen and oxygen atoms in total. The highest BCUT2D eigenvalue weighted by Gasteiger charge is 2.12. The van der Waals surface area contributed by atoms with Gasteiger partial charge in [-0.05, 0) is 65.7 Å². The number of unbranched alkanes of at least 4 members (excludes halogenated alkanes) is 1. The van der Waals surface area contributed by atoms with Crippen LogP contribution in [0.1, 0.15) is 102 Å². The van der Waals surface area contributed by atoms with E-state index in [0.29, 0.717) is 0 Å². The summed E-state index contributed by atoms with van der Waals surface area (Å²) in [5.41, 5.74) is 9.72. The van der Waals surface area contributed by atoms with Crippen LogP contribution in [0.4, 0.5) is 0 Å². The zero-order valence-corrected chi connectivity index (χ0v) is 29.8. The van der Waals surface area contributed by atoms with Gasteiger partial charge in [0, 0.05) is 31.9 Å². The second kappa shape index (κ2) is 47.9. The van der Waals surface area contributed by atoms with Crippen LogP contribution in [0.2, 0.25) is 5.82 Å². The first-order chi connectivity index (χ1) is 20.1. The third-order valence-electron chi connectivity index (χ3n) is 4.92. The Balaban J connectivity index is -0.000000109. The monoisotopic (exact) mass is 580 g/mol. The average Bonchev–Trinajstić information content (AvgIpc) is 3.00. The van der Waals surface area contributed by atoms with Gasteiger partial charge in [-0.15, -0.1) is 19.4 Å². The number of nitrogens with one attached hydrogen (secondary N) is 1. The van der Waals surface area contributed by atoms with Crippen LogP contribution in [0, 0.1) is 12.8 Å². The molecule has 1 aliphatic rings. The standard InChI is InChI=1S/C14H23BN2.C9H16.C6H12.C3H6.C2H5N.C2H6.C2H2/c1-4-5-14(7-6-12(2)15)13(3)17-10-8-16-9-11-17;1-5-6-7-9(4)8(2)3;1-3-5-6-4-2;1-3-2;1-2-3;2*1-2/h5-7,12,16H,3-4,8-11H2,1-2H3;6-7H,5H2,1-4H3;3,5H,4,6H2,1-2H3;3H,1H2,2H3;2H,1,3H2;1-2H3;1-2H/b7-6-,14-5+;7-6+;5-3+;;;;. The highest BCUT2D eigenvalue weighted by molar-refractivity contribution is 6.12. The summed E-state index contributed by atoms with van der Waals surface area (Å²) in [5, 5.41) is 3.35. The summed E-state index contributed by atoms with van der Waals surface area (Å²) in [6, 6.07) is 0. The topological polar surface area (TPSA) is 41.3 Å². The molecule has 2 radical (unpaired) electrons. The van der Waals surface area contributed by atoms with Crippen molar-refractivity contribution in [3.8, 4) is 12.8 Å². The summed E-state index contributed by atoms with van der Waals surface area (Å²) in [6.07, 6.45) is 30.6. The Hall–Kier alpha value is -2.90. The lowest BCUT2D eigenvalue weighted by molar-refractivity contribution is 0.306. The van der Waals surface area contributed by atoms with Gasteiger partial charge in [-0.1, -0.05) is 127 Å². The van der Waals surface area contributed by atoms with Crippen LogP contribution in [0.15, 0.2) is 97.0 Å². The number of rotatable bonds is 9. The SMILES string of the molecule is C#C.C/C=C/CCC.C=CC.C=CN.CC.CC/C=C/C(C)=C(C)C.[B]C(C)/C=C\C(=C/CC)C(=C)N1CCNCC1. The molecule has 0 saturated carbocycles. The normalized spacial score (nSPS) is 12.4. The van der Waals surface area contributed by atoms with Gasteiger partial charge in [0.05, 0.1) is 7.85 Å². The predicted molar refractivity (Wildman–Crippen MR) is 201 cm³/mol. The highest BCUT2D eigenvalue weighted by atomic mass is 15.2. The second-order valence-corrected chi connectivity index (χ2v) is 8.96. The fourth-order valence-corrected chi connectivity index (χ4v) is 2.67. The van der Waals surface area contributed by atoms with Crippen molar-refractivity contribution in [1.29, 1.82) is 0 Å². The number of nitrogens with two attached hydrogens (primary N) is 1. The van der Waals surface area contributed by atoms with E-state index in [1.54, 1.807) is 6.08 Å². The Morgan fingerprint density at radius 1 is 0.976 bits per heavy atom. The largest absolute Gasteiger partial charge is 0.405 e. The summed E-state index contributed by atoms with van der Waals surface area (Å²) in [4.78, 5) is 2.34. The van der Waals surface area contributed by atoms with Crippen LogP contribution in [0.25, 0.3) is 0 Å². The molecule has 1 atom stereocenters. The summed E-state index contributed by atoms with van der Waals surface area (Å²) >= 11 is 0. The summed E-state index contributed by atoms with van der Waals surface area (Å²) in [5.74, 6) is 0.0890. The van der Waals surface area contributed by atoms with Crippen molar-refractivity contribution in [3.63, 3.8) is 0 Å². The van der Waals surface area contributed by atoms with Crippen molar-refractivity contribution < 1.29 is 0 Å². The van der Waals surface area contributed by atoms with E-state index in [1.807, 2.05) is 33.8 Å². The lowest BCUT2D eigenvalue weighted by Crippen LogP contribution is -2.42. The van der Waals surface area contributed by atoms with E-state index in [0.717, 1.165) is 44.7 Å². The first-order valence-electron chi connectivity index (χ1n) is 15.5. The number of hydrogen-bond donors (Lipinski definition) is 2. The maximum atomic E-state index is 5.75. The molecule has 0 aromatic carbocycles. The molecule has 1 fully saturated rings. The molecule has 1 unspecified atom stereocenters. The van der Waals surface area contributed by atoms with Crippen LogP contribution in [0.3, 0.4) is 0 Å². The van der Waals surface area contributed by atoms with Crippen LogP contribution in [-0.4, -0.2) is 38.9 Å². The molecule has 1 aliphatic heterocycles. The van der Waals surface area contributed by atoms with Gasteiger partial charge in [-0.2, -0.15) is 0 Å². The van der Waals surface area contributed by atoms with Crippen LogP contribution in [0.5, 0.6) is 0 Å². The third kappa shape index (κ3) is 46.9. The van der Waals surface area contributed by atoms with Gasteiger partial charge in [0.1, 0.15) is 0 Å². The van der Waals surface area contributed by atoms with Gasteiger partial charge >= 0.3 is 0 Å². The minimum absolute atomic E-state index is 0.0890. The fourth-order valence-electron chi connectivity index (χ4n) is 2.67. The summed E-state index contributed by atoms with van der Waals surface area (Å²) in [7, 11) is 5.75. The van der Waals surface area contributed by atoms with Crippen LogP contribution in [-0.2, 0) is 0 Å². The van der Waals surface area contributed by atoms with Crippen molar-refractivity contribution in [2.24, 2.45) is 5.73 Å². The Labute approximate surface area is 267 Å². The van der Waals surface area contributed by atoms with Gasteiger partial charge in [-0.25, -0.2) is 0 Å². The van der Waals surface area contributed by atoms with E-state index in [-0.39, 0.29) is 5.82 Å². The number of hydrogen-bond acceptors (Lipinski definition) is 3. The summed E-state index contributed by atoms with van der Waals surface area (Å²) < 4.78 is 0. The van der Waals surface area contributed by atoms with Gasteiger partial charge in [0.15, 0.2) is 0 Å². The third-order valence-corrected chi connectivity index (χ3v) is 4.92. The molecule has 42 heavy (non-hydrogen) atoms. The quantitative estimate of drug-likeness (QED) is 0.124. The molecule has 0 aromatic rings. The van der Waals surface area contributed by atoms with E-state index < -0.39 is 0 Å². The van der Waals surface area contributed by atoms with E-state index >= 15 is 0 Å². The van der Waals surface area contributed by atoms with E-state index in [9.17, 15) is 0 Å². The van der Waals surface area contributed by atoms with Gasteiger partial charge in [0.2, 0.25) is 0 Å². The maximum Gasteiger partial charge on any atom is 0.0751 e. The van der Waals surface area contributed by atoms with Crippen LogP contribution < -0.4 is 11.1 Å². The second-order valence-electron chi connectivity index (χ2n) is 8.96. The van der Waals surface area contributed by atoms with Gasteiger partial charge in [-0.3, -0.25) is 0 Å². The van der Waals surface area contributed by atoms with E-state index in [2.05, 4.69) is 133 Å². The van der Waals surface area contributed by atoms with Gasteiger partial charge < -0.3 is 16.0 Å². The minimum atomic E-state index is 0.0890. The molecular formula is C38H70BN3. The number of nitrogens with zero attached hydrogens (tertiary/aromatic N) is 1. The van der Waals surface area contributed by atoms with Crippen molar-refractivity contribution in [2.45, 2.75) is 108 Å². The Bertz CT molecular complexity index is 734. The first-order valence-corrected chi connectivity index (χ1v) is 15.5. The first kappa shape index (κ1) is 51.8. The average molecular weight is 580 g/mol. The zero-order valence-electron chi connectivity index (χ0n) is 29.8. The number of terminal acetylenes is 1. The van der Waals surface area contributed by atoms with E-state index in [1.165, 1.54) is 35.8 Å².